The Morgan fingerprint density at radius 1 is 1.24 bits per heavy atom. The van der Waals surface area contributed by atoms with Gasteiger partial charge in [-0.05, 0) is 30.9 Å². The quantitative estimate of drug-likeness (QED) is 0.738. The summed E-state index contributed by atoms with van der Waals surface area (Å²) in [6, 6.07) is 8.22. The number of nitrogens with zero attached hydrogens (tertiary/aromatic N) is 1. The van der Waals surface area contributed by atoms with Crippen LogP contribution in [0.15, 0.2) is 24.3 Å². The fraction of sp³-hybridized carbons (Fsp3) is 0.500. The van der Waals surface area contributed by atoms with E-state index in [9.17, 15) is 4.79 Å². The minimum atomic E-state index is 0.148. The SMILES string of the molecule is O=C(CCCl)N1CCCCCc2ccccc21. The molecule has 0 bridgehead atoms. The third kappa shape index (κ3) is 3.01. The van der Waals surface area contributed by atoms with Gasteiger partial charge in [0.1, 0.15) is 0 Å². The number of hydrogen-bond acceptors (Lipinski definition) is 1. The molecule has 1 aromatic carbocycles. The molecule has 1 amide bonds. The van der Waals surface area contributed by atoms with Gasteiger partial charge < -0.3 is 4.90 Å². The second kappa shape index (κ2) is 6.06. The lowest BCUT2D eigenvalue weighted by atomic mass is 10.0. The summed E-state index contributed by atoms with van der Waals surface area (Å²) in [5.41, 5.74) is 2.37. The highest BCUT2D eigenvalue weighted by Gasteiger charge is 2.19. The fourth-order valence-corrected chi connectivity index (χ4v) is 2.50. The van der Waals surface area contributed by atoms with Gasteiger partial charge in [0.25, 0.3) is 0 Å². The highest BCUT2D eigenvalue weighted by Crippen LogP contribution is 2.26. The first-order valence-electron chi connectivity index (χ1n) is 6.27. The van der Waals surface area contributed by atoms with E-state index in [-0.39, 0.29) is 5.91 Å². The number of anilines is 1. The van der Waals surface area contributed by atoms with Crippen LogP contribution in [0.1, 0.15) is 31.2 Å². The van der Waals surface area contributed by atoms with Crippen molar-refractivity contribution in [3.05, 3.63) is 29.8 Å². The Balaban J connectivity index is 2.28. The fourth-order valence-electron chi connectivity index (χ4n) is 2.34. The molecule has 1 heterocycles. The van der Waals surface area contributed by atoms with Crippen LogP contribution in [0.2, 0.25) is 0 Å². The van der Waals surface area contributed by atoms with Crippen molar-refractivity contribution in [2.45, 2.75) is 32.1 Å². The molecule has 92 valence electrons. The Kier molecular flexibility index (Phi) is 4.43. The van der Waals surface area contributed by atoms with Crippen molar-refractivity contribution in [1.82, 2.24) is 0 Å². The molecule has 0 fully saturated rings. The summed E-state index contributed by atoms with van der Waals surface area (Å²) in [6.07, 6.45) is 4.99. The molecule has 0 saturated heterocycles. The smallest absolute Gasteiger partial charge is 0.228 e. The average molecular weight is 252 g/mol. The zero-order valence-corrected chi connectivity index (χ0v) is 10.7. The molecule has 0 N–H and O–H groups in total. The maximum atomic E-state index is 12.1. The molecule has 2 nitrogen and oxygen atoms in total. The molecule has 0 atom stereocenters. The van der Waals surface area contributed by atoms with Gasteiger partial charge in [0.05, 0.1) is 0 Å². The Hall–Kier alpha value is -1.02. The van der Waals surface area contributed by atoms with E-state index < -0.39 is 0 Å². The van der Waals surface area contributed by atoms with Crippen molar-refractivity contribution in [2.75, 3.05) is 17.3 Å². The van der Waals surface area contributed by atoms with Crippen molar-refractivity contribution >= 4 is 23.2 Å². The van der Waals surface area contributed by atoms with Crippen LogP contribution in [0, 0.1) is 0 Å². The molecule has 0 aliphatic carbocycles. The molecule has 1 aliphatic heterocycles. The lowest BCUT2D eigenvalue weighted by Crippen LogP contribution is -2.33. The highest BCUT2D eigenvalue weighted by atomic mass is 35.5. The topological polar surface area (TPSA) is 20.3 Å². The molecular formula is C14H18ClNO. The van der Waals surface area contributed by atoms with Crippen LogP contribution in [0.25, 0.3) is 0 Å². The number of amides is 1. The van der Waals surface area contributed by atoms with E-state index in [1.165, 1.54) is 18.4 Å². The number of para-hydroxylation sites is 1. The summed E-state index contributed by atoms with van der Waals surface area (Å²) in [6.45, 7) is 0.826. The standard InChI is InChI=1S/C14H18ClNO/c15-10-9-14(17)16-11-5-1-2-6-12-7-3-4-8-13(12)16/h3-4,7-8H,1-2,5-6,9-11H2. The van der Waals surface area contributed by atoms with Crippen LogP contribution < -0.4 is 4.90 Å². The van der Waals surface area contributed by atoms with Crippen LogP contribution in [-0.2, 0) is 11.2 Å². The predicted octanol–water partition coefficient (Wildman–Crippen LogP) is 3.37. The van der Waals surface area contributed by atoms with E-state index in [1.54, 1.807) is 0 Å². The Morgan fingerprint density at radius 3 is 2.88 bits per heavy atom. The average Bonchev–Trinajstić information content (AvgIpc) is 2.30. The molecule has 2 rings (SSSR count). The van der Waals surface area contributed by atoms with Crippen molar-refractivity contribution < 1.29 is 4.79 Å². The van der Waals surface area contributed by atoms with Crippen molar-refractivity contribution in [3.63, 3.8) is 0 Å². The van der Waals surface area contributed by atoms with Crippen LogP contribution in [-0.4, -0.2) is 18.3 Å². The van der Waals surface area contributed by atoms with Gasteiger partial charge >= 0.3 is 0 Å². The number of halogens is 1. The molecule has 1 aliphatic rings. The van der Waals surface area contributed by atoms with Gasteiger partial charge in [0, 0.05) is 24.5 Å². The molecule has 17 heavy (non-hydrogen) atoms. The van der Waals surface area contributed by atoms with E-state index >= 15 is 0 Å². The number of benzene rings is 1. The monoisotopic (exact) mass is 251 g/mol. The summed E-state index contributed by atoms with van der Waals surface area (Å²) >= 11 is 5.67. The van der Waals surface area contributed by atoms with E-state index in [0.29, 0.717) is 12.3 Å². The lowest BCUT2D eigenvalue weighted by Gasteiger charge is -2.27. The number of carbonyl (C=O) groups excluding carboxylic acids is 1. The molecule has 0 unspecified atom stereocenters. The summed E-state index contributed by atoms with van der Waals surface area (Å²) < 4.78 is 0. The normalized spacial score (nSPS) is 15.9. The first kappa shape index (κ1) is 12.4. The van der Waals surface area contributed by atoms with Crippen LogP contribution in [0.4, 0.5) is 5.69 Å². The highest BCUT2D eigenvalue weighted by molar-refractivity contribution is 6.19. The van der Waals surface area contributed by atoms with Gasteiger partial charge in [-0.25, -0.2) is 0 Å². The first-order chi connectivity index (χ1) is 8.33. The molecule has 0 saturated carbocycles. The minimum Gasteiger partial charge on any atom is -0.312 e. The van der Waals surface area contributed by atoms with E-state index in [0.717, 1.165) is 25.1 Å². The Bertz CT molecular complexity index is 392. The van der Waals surface area contributed by atoms with Gasteiger partial charge in [0.2, 0.25) is 5.91 Å². The Morgan fingerprint density at radius 2 is 2.06 bits per heavy atom. The molecule has 0 radical (unpaired) electrons. The maximum absolute atomic E-state index is 12.1. The molecular weight excluding hydrogens is 234 g/mol. The lowest BCUT2D eigenvalue weighted by molar-refractivity contribution is -0.118. The van der Waals surface area contributed by atoms with Gasteiger partial charge in [-0.1, -0.05) is 24.6 Å². The molecule has 0 spiro atoms. The first-order valence-corrected chi connectivity index (χ1v) is 6.80. The van der Waals surface area contributed by atoms with Crippen LogP contribution >= 0.6 is 11.6 Å². The zero-order chi connectivity index (χ0) is 12.1. The minimum absolute atomic E-state index is 0.148. The number of fused-ring (bicyclic) bond motifs is 1. The summed E-state index contributed by atoms with van der Waals surface area (Å²) in [4.78, 5) is 14.0. The molecule has 3 heteroatoms. The number of aryl methyl sites for hydroxylation is 1. The van der Waals surface area contributed by atoms with E-state index in [4.69, 9.17) is 11.6 Å². The third-order valence-electron chi connectivity index (χ3n) is 3.22. The van der Waals surface area contributed by atoms with Crippen molar-refractivity contribution in [2.24, 2.45) is 0 Å². The number of rotatable bonds is 2. The van der Waals surface area contributed by atoms with Gasteiger partial charge in [-0.2, -0.15) is 0 Å². The van der Waals surface area contributed by atoms with Gasteiger partial charge in [-0.15, -0.1) is 11.6 Å². The predicted molar refractivity (Wildman–Crippen MR) is 71.7 cm³/mol. The second-order valence-corrected chi connectivity index (χ2v) is 4.80. The number of carbonyl (C=O) groups is 1. The number of alkyl halides is 1. The zero-order valence-electron chi connectivity index (χ0n) is 9.99. The van der Waals surface area contributed by atoms with E-state index in [1.807, 2.05) is 23.1 Å². The molecule has 1 aromatic rings. The van der Waals surface area contributed by atoms with Crippen LogP contribution in [0.3, 0.4) is 0 Å². The second-order valence-electron chi connectivity index (χ2n) is 4.42. The summed E-state index contributed by atoms with van der Waals surface area (Å²) in [5.74, 6) is 0.548. The molecule has 0 aromatic heterocycles. The largest absolute Gasteiger partial charge is 0.312 e. The summed E-state index contributed by atoms with van der Waals surface area (Å²) in [7, 11) is 0. The van der Waals surface area contributed by atoms with E-state index in [2.05, 4.69) is 6.07 Å². The Labute approximate surface area is 108 Å². The maximum Gasteiger partial charge on any atom is 0.228 e. The third-order valence-corrected chi connectivity index (χ3v) is 3.41. The van der Waals surface area contributed by atoms with Crippen molar-refractivity contribution in [3.8, 4) is 0 Å². The van der Waals surface area contributed by atoms with Gasteiger partial charge in [-0.3, -0.25) is 4.79 Å². The summed E-state index contributed by atoms with van der Waals surface area (Å²) in [5, 5.41) is 0. The number of hydrogen-bond donors (Lipinski definition) is 0. The van der Waals surface area contributed by atoms with Crippen molar-refractivity contribution in [1.29, 1.82) is 0 Å². The van der Waals surface area contributed by atoms with Gasteiger partial charge in [0.15, 0.2) is 0 Å². The van der Waals surface area contributed by atoms with Crippen LogP contribution in [0.5, 0.6) is 0 Å².